The molecule has 2 aromatic rings. The normalized spacial score (nSPS) is 15.2. The van der Waals surface area contributed by atoms with Gasteiger partial charge in [-0.25, -0.2) is 14.8 Å². The maximum atomic E-state index is 12.3. The van der Waals surface area contributed by atoms with Crippen LogP contribution in [0.25, 0.3) is 11.0 Å². The monoisotopic (exact) mass is 313 g/mol. The number of amides is 1. The van der Waals surface area contributed by atoms with Crippen molar-refractivity contribution in [2.45, 2.75) is 26.7 Å². The van der Waals surface area contributed by atoms with Gasteiger partial charge in [-0.2, -0.15) is 0 Å². The highest BCUT2D eigenvalue weighted by Gasteiger charge is 2.33. The van der Waals surface area contributed by atoms with Gasteiger partial charge in [-0.15, -0.1) is 0 Å². The summed E-state index contributed by atoms with van der Waals surface area (Å²) in [5.41, 5.74) is 0.735. The van der Waals surface area contributed by atoms with E-state index in [4.69, 9.17) is 4.74 Å². The SMILES string of the molecule is CCOC(=O)c1cc2cccnc2nc1NC(=O)C(C)C1CC1. The first kappa shape index (κ1) is 15.4. The highest BCUT2D eigenvalue weighted by molar-refractivity contribution is 6.03. The zero-order valence-electron chi connectivity index (χ0n) is 13.2. The minimum absolute atomic E-state index is 0.0914. The van der Waals surface area contributed by atoms with E-state index in [2.05, 4.69) is 15.3 Å². The lowest BCUT2D eigenvalue weighted by molar-refractivity contribution is -0.119. The summed E-state index contributed by atoms with van der Waals surface area (Å²) in [4.78, 5) is 33.0. The topological polar surface area (TPSA) is 81.2 Å². The number of nitrogens with one attached hydrogen (secondary N) is 1. The second kappa shape index (κ2) is 6.32. The molecule has 0 spiro atoms. The number of ether oxygens (including phenoxy) is 1. The molecule has 1 N–H and O–H groups in total. The van der Waals surface area contributed by atoms with E-state index in [0.717, 1.165) is 18.2 Å². The fraction of sp³-hybridized carbons (Fsp3) is 0.412. The van der Waals surface area contributed by atoms with E-state index < -0.39 is 5.97 Å². The number of rotatable bonds is 5. The Labute approximate surface area is 134 Å². The van der Waals surface area contributed by atoms with Crippen LogP contribution >= 0.6 is 0 Å². The van der Waals surface area contributed by atoms with Crippen LogP contribution in [0.4, 0.5) is 5.82 Å². The summed E-state index contributed by atoms with van der Waals surface area (Å²) in [6, 6.07) is 5.24. The van der Waals surface area contributed by atoms with Crippen molar-refractivity contribution >= 4 is 28.7 Å². The number of aromatic nitrogens is 2. The van der Waals surface area contributed by atoms with E-state index in [9.17, 15) is 9.59 Å². The minimum Gasteiger partial charge on any atom is -0.462 e. The van der Waals surface area contributed by atoms with Gasteiger partial charge in [0.25, 0.3) is 0 Å². The molecule has 2 aromatic heterocycles. The van der Waals surface area contributed by atoms with Crippen LogP contribution in [0.2, 0.25) is 0 Å². The van der Waals surface area contributed by atoms with Crippen LogP contribution in [-0.4, -0.2) is 28.5 Å². The van der Waals surface area contributed by atoms with Crippen molar-refractivity contribution in [1.29, 1.82) is 0 Å². The smallest absolute Gasteiger partial charge is 0.341 e. The molecule has 1 saturated carbocycles. The first-order chi connectivity index (χ1) is 11.1. The highest BCUT2D eigenvalue weighted by Crippen LogP contribution is 2.37. The molecule has 1 aliphatic rings. The highest BCUT2D eigenvalue weighted by atomic mass is 16.5. The number of nitrogens with zero attached hydrogens (tertiary/aromatic N) is 2. The van der Waals surface area contributed by atoms with Gasteiger partial charge in [-0.3, -0.25) is 4.79 Å². The van der Waals surface area contributed by atoms with Crippen molar-refractivity contribution in [3.05, 3.63) is 30.0 Å². The molecule has 0 aliphatic heterocycles. The predicted octanol–water partition coefficient (Wildman–Crippen LogP) is 2.79. The minimum atomic E-state index is -0.500. The Balaban J connectivity index is 1.96. The molecule has 120 valence electrons. The number of anilines is 1. The van der Waals surface area contributed by atoms with Crippen molar-refractivity contribution < 1.29 is 14.3 Å². The molecule has 1 atom stereocenters. The third-order valence-corrected chi connectivity index (χ3v) is 4.07. The molecular weight excluding hydrogens is 294 g/mol. The molecular formula is C17H19N3O3. The second-order valence-electron chi connectivity index (χ2n) is 5.77. The van der Waals surface area contributed by atoms with E-state index in [1.54, 1.807) is 25.3 Å². The van der Waals surface area contributed by atoms with Gasteiger partial charge in [0.2, 0.25) is 5.91 Å². The van der Waals surface area contributed by atoms with E-state index in [1.165, 1.54) is 0 Å². The van der Waals surface area contributed by atoms with E-state index in [0.29, 0.717) is 11.6 Å². The molecule has 1 amide bonds. The molecule has 6 heteroatoms. The predicted molar refractivity (Wildman–Crippen MR) is 86.0 cm³/mol. The van der Waals surface area contributed by atoms with Crippen LogP contribution in [0.15, 0.2) is 24.4 Å². The van der Waals surface area contributed by atoms with Crippen molar-refractivity contribution in [2.75, 3.05) is 11.9 Å². The van der Waals surface area contributed by atoms with Gasteiger partial charge in [-0.05, 0) is 43.9 Å². The van der Waals surface area contributed by atoms with Crippen LogP contribution in [0.5, 0.6) is 0 Å². The Kier molecular flexibility index (Phi) is 4.23. The zero-order valence-corrected chi connectivity index (χ0v) is 13.2. The summed E-state index contributed by atoms with van der Waals surface area (Å²) >= 11 is 0. The summed E-state index contributed by atoms with van der Waals surface area (Å²) in [6.07, 6.45) is 3.77. The summed E-state index contributed by atoms with van der Waals surface area (Å²) in [6.45, 7) is 3.90. The molecule has 1 aliphatic carbocycles. The molecule has 0 radical (unpaired) electrons. The molecule has 0 saturated heterocycles. The average Bonchev–Trinajstić information content (AvgIpc) is 3.38. The van der Waals surface area contributed by atoms with Crippen LogP contribution in [0, 0.1) is 11.8 Å². The Morgan fingerprint density at radius 1 is 1.43 bits per heavy atom. The lowest BCUT2D eigenvalue weighted by atomic mass is 10.1. The molecule has 3 rings (SSSR count). The number of carbonyl (C=O) groups is 2. The summed E-state index contributed by atoms with van der Waals surface area (Å²) in [5, 5.41) is 3.50. The standard InChI is InChI=1S/C17H19N3O3/c1-3-23-17(22)13-9-12-5-4-8-18-14(12)19-15(13)20-16(21)10(2)11-6-7-11/h4-5,8-11H,3,6-7H2,1-2H3,(H,18,19,20,21). The van der Waals surface area contributed by atoms with E-state index in [1.807, 2.05) is 13.0 Å². The van der Waals surface area contributed by atoms with Crippen molar-refractivity contribution in [3.63, 3.8) is 0 Å². The van der Waals surface area contributed by atoms with Crippen molar-refractivity contribution in [3.8, 4) is 0 Å². The summed E-state index contributed by atoms with van der Waals surface area (Å²) in [7, 11) is 0. The number of pyridine rings is 2. The van der Waals surface area contributed by atoms with Crippen LogP contribution in [0.3, 0.4) is 0 Å². The van der Waals surface area contributed by atoms with Gasteiger partial charge in [0.1, 0.15) is 11.4 Å². The third-order valence-electron chi connectivity index (χ3n) is 4.07. The van der Waals surface area contributed by atoms with Crippen LogP contribution in [-0.2, 0) is 9.53 Å². The van der Waals surface area contributed by atoms with Gasteiger partial charge >= 0.3 is 5.97 Å². The molecule has 0 bridgehead atoms. The van der Waals surface area contributed by atoms with E-state index >= 15 is 0 Å². The average molecular weight is 313 g/mol. The van der Waals surface area contributed by atoms with Gasteiger partial charge in [0.15, 0.2) is 5.65 Å². The van der Waals surface area contributed by atoms with E-state index in [-0.39, 0.29) is 29.8 Å². The number of hydrogen-bond acceptors (Lipinski definition) is 5. The second-order valence-corrected chi connectivity index (χ2v) is 5.77. The zero-order chi connectivity index (χ0) is 16.4. The Morgan fingerprint density at radius 2 is 2.22 bits per heavy atom. The largest absolute Gasteiger partial charge is 0.462 e. The van der Waals surface area contributed by atoms with Gasteiger partial charge in [0.05, 0.1) is 6.61 Å². The lowest BCUT2D eigenvalue weighted by Gasteiger charge is -2.13. The number of esters is 1. The first-order valence-electron chi connectivity index (χ1n) is 7.84. The fourth-order valence-corrected chi connectivity index (χ4v) is 2.51. The van der Waals surface area contributed by atoms with Gasteiger partial charge in [-0.1, -0.05) is 6.92 Å². The van der Waals surface area contributed by atoms with Crippen LogP contribution < -0.4 is 5.32 Å². The maximum Gasteiger partial charge on any atom is 0.341 e. The summed E-state index contributed by atoms with van der Waals surface area (Å²) < 4.78 is 5.07. The number of hydrogen-bond donors (Lipinski definition) is 1. The number of fused-ring (bicyclic) bond motifs is 1. The quantitative estimate of drug-likeness (QED) is 0.858. The van der Waals surface area contributed by atoms with Crippen LogP contribution in [0.1, 0.15) is 37.0 Å². The molecule has 1 unspecified atom stereocenters. The van der Waals surface area contributed by atoms with Crippen molar-refractivity contribution in [2.24, 2.45) is 11.8 Å². The Morgan fingerprint density at radius 3 is 2.91 bits per heavy atom. The third kappa shape index (κ3) is 3.31. The first-order valence-corrected chi connectivity index (χ1v) is 7.84. The Bertz CT molecular complexity index is 756. The Hall–Kier alpha value is -2.50. The molecule has 23 heavy (non-hydrogen) atoms. The summed E-state index contributed by atoms with van der Waals surface area (Å²) in [5.74, 6) is -0.0704. The molecule has 1 fully saturated rings. The lowest BCUT2D eigenvalue weighted by Crippen LogP contribution is -2.24. The van der Waals surface area contributed by atoms with Crippen molar-refractivity contribution in [1.82, 2.24) is 9.97 Å². The molecule has 2 heterocycles. The maximum absolute atomic E-state index is 12.3. The van der Waals surface area contributed by atoms with Gasteiger partial charge < -0.3 is 10.1 Å². The van der Waals surface area contributed by atoms with Gasteiger partial charge in [0, 0.05) is 17.5 Å². The molecule has 0 aromatic carbocycles. The molecule has 6 nitrogen and oxygen atoms in total. The number of carbonyl (C=O) groups excluding carboxylic acids is 2. The fourth-order valence-electron chi connectivity index (χ4n) is 2.51.